The Kier molecular flexibility index (Phi) is 3.54. The van der Waals surface area contributed by atoms with Crippen LogP contribution >= 0.6 is 0 Å². The van der Waals surface area contributed by atoms with E-state index in [4.69, 9.17) is 19.9 Å². The molecule has 1 aromatic carbocycles. The van der Waals surface area contributed by atoms with Crippen LogP contribution in [-0.4, -0.2) is 30.6 Å². The lowest BCUT2D eigenvalue weighted by molar-refractivity contribution is -0.255. The van der Waals surface area contributed by atoms with Gasteiger partial charge in [-0.25, -0.2) is 0 Å². The van der Waals surface area contributed by atoms with Crippen molar-refractivity contribution in [2.45, 2.75) is 0 Å². The average molecular weight is 228 g/mol. The molecule has 2 N–H and O–H groups in total. The molecule has 1 rings (SSSR count). The molecule has 0 radical (unpaired) electrons. The van der Waals surface area contributed by atoms with Gasteiger partial charge in [-0.1, -0.05) is 0 Å². The first kappa shape index (κ1) is 12.1. The van der Waals surface area contributed by atoms with Gasteiger partial charge in [-0.3, -0.25) is 10.4 Å². The van der Waals surface area contributed by atoms with Crippen LogP contribution in [0.25, 0.3) is 0 Å². The maximum absolute atomic E-state index is 10.7. The molecule has 0 aliphatic carbocycles. The summed E-state index contributed by atoms with van der Waals surface area (Å²) in [5.41, 5.74) is -0.805. The van der Waals surface area contributed by atoms with Crippen molar-refractivity contribution < 1.29 is 29.8 Å². The second-order valence-corrected chi connectivity index (χ2v) is 2.80. The molecule has 0 amide bonds. The molecular formula is C9H10NO6-. The third-order valence-corrected chi connectivity index (χ3v) is 1.94. The average Bonchev–Trinajstić information content (AvgIpc) is 2.26. The maximum atomic E-state index is 10.7. The lowest BCUT2D eigenvalue weighted by Gasteiger charge is -2.17. The number of methoxy groups -OCH3 is 2. The van der Waals surface area contributed by atoms with Gasteiger partial charge in [0.15, 0.2) is 11.5 Å². The van der Waals surface area contributed by atoms with Crippen molar-refractivity contribution in [2.75, 3.05) is 19.4 Å². The van der Waals surface area contributed by atoms with Crippen LogP contribution in [0.2, 0.25) is 0 Å². The Bertz CT molecular complexity index is 403. The van der Waals surface area contributed by atoms with E-state index in [1.807, 2.05) is 0 Å². The molecule has 0 bridgehead atoms. The van der Waals surface area contributed by atoms with E-state index >= 15 is 0 Å². The van der Waals surface area contributed by atoms with Gasteiger partial charge in [-0.2, -0.15) is 0 Å². The van der Waals surface area contributed by atoms with Gasteiger partial charge in [0.1, 0.15) is 5.69 Å². The third-order valence-electron chi connectivity index (χ3n) is 1.94. The minimum Gasteiger partial charge on any atom is -0.545 e. The number of ether oxygens (including phenoxy) is 2. The number of nitrogens with zero attached hydrogens (tertiary/aromatic N) is 1. The van der Waals surface area contributed by atoms with Crippen molar-refractivity contribution in [2.24, 2.45) is 0 Å². The Labute approximate surface area is 91.0 Å². The Balaban J connectivity index is 3.41. The molecule has 0 aliphatic rings. The van der Waals surface area contributed by atoms with Crippen LogP contribution in [0.4, 0.5) is 5.69 Å². The number of carboxylic acids is 1. The van der Waals surface area contributed by atoms with E-state index in [9.17, 15) is 9.90 Å². The van der Waals surface area contributed by atoms with Gasteiger partial charge < -0.3 is 19.4 Å². The zero-order valence-electron chi connectivity index (χ0n) is 8.63. The summed E-state index contributed by atoms with van der Waals surface area (Å²) in [5, 5.41) is 28.1. The quantitative estimate of drug-likeness (QED) is 0.679. The van der Waals surface area contributed by atoms with Crippen LogP contribution in [-0.2, 0) is 0 Å². The van der Waals surface area contributed by atoms with E-state index in [0.29, 0.717) is 0 Å². The smallest absolute Gasteiger partial charge is 0.163 e. The summed E-state index contributed by atoms with van der Waals surface area (Å²) in [7, 11) is 2.66. The van der Waals surface area contributed by atoms with Crippen molar-refractivity contribution in [3.63, 3.8) is 0 Å². The largest absolute Gasteiger partial charge is 0.545 e. The molecule has 7 nitrogen and oxygen atoms in total. The highest BCUT2D eigenvalue weighted by molar-refractivity contribution is 5.93. The number of aromatic carboxylic acids is 1. The van der Waals surface area contributed by atoms with Gasteiger partial charge in [0.05, 0.1) is 20.2 Å². The molecule has 0 atom stereocenters. The molecule has 16 heavy (non-hydrogen) atoms. The van der Waals surface area contributed by atoms with E-state index in [0.717, 1.165) is 12.1 Å². The molecule has 0 heterocycles. The Morgan fingerprint density at radius 3 is 2.12 bits per heavy atom. The molecule has 0 saturated carbocycles. The summed E-state index contributed by atoms with van der Waals surface area (Å²) in [6.45, 7) is 0. The molecule has 0 saturated heterocycles. The van der Waals surface area contributed by atoms with Crippen molar-refractivity contribution in [3.05, 3.63) is 17.7 Å². The van der Waals surface area contributed by atoms with Crippen molar-refractivity contribution in [1.82, 2.24) is 0 Å². The fourth-order valence-corrected chi connectivity index (χ4v) is 1.20. The molecule has 0 fully saturated rings. The molecule has 7 heteroatoms. The number of carbonyl (C=O) groups is 1. The van der Waals surface area contributed by atoms with Gasteiger partial charge in [0.2, 0.25) is 0 Å². The van der Waals surface area contributed by atoms with Crippen molar-refractivity contribution in [3.8, 4) is 11.5 Å². The summed E-state index contributed by atoms with van der Waals surface area (Å²) in [6, 6.07) is 2.17. The number of hydrogen-bond acceptors (Lipinski definition) is 7. The topological polar surface area (TPSA) is 102 Å². The maximum Gasteiger partial charge on any atom is 0.163 e. The summed E-state index contributed by atoms with van der Waals surface area (Å²) in [4.78, 5) is 10.7. The minimum absolute atomic E-state index is 0.146. The van der Waals surface area contributed by atoms with E-state index in [-0.39, 0.29) is 22.4 Å². The normalized spacial score (nSPS) is 9.75. The van der Waals surface area contributed by atoms with Gasteiger partial charge in [-0.05, 0) is 6.07 Å². The number of hydrogen-bond donors (Lipinski definition) is 2. The van der Waals surface area contributed by atoms with Gasteiger partial charge in [-0.15, -0.1) is 5.23 Å². The van der Waals surface area contributed by atoms with Crippen LogP contribution in [0.1, 0.15) is 10.4 Å². The second-order valence-electron chi connectivity index (χ2n) is 2.80. The predicted molar refractivity (Wildman–Crippen MR) is 49.9 cm³/mol. The molecular weight excluding hydrogens is 218 g/mol. The SMILES string of the molecule is COc1cc(C(=O)[O-])c(N(O)O)cc1OC. The highest BCUT2D eigenvalue weighted by Crippen LogP contribution is 2.33. The Morgan fingerprint density at radius 2 is 1.75 bits per heavy atom. The zero-order valence-corrected chi connectivity index (χ0v) is 8.63. The number of anilines is 1. The van der Waals surface area contributed by atoms with Crippen LogP contribution < -0.4 is 19.8 Å². The first-order chi connectivity index (χ1) is 7.51. The molecule has 88 valence electrons. The van der Waals surface area contributed by atoms with E-state index in [2.05, 4.69) is 0 Å². The third kappa shape index (κ3) is 2.15. The second kappa shape index (κ2) is 4.69. The molecule has 0 aliphatic heterocycles. The summed E-state index contributed by atoms with van der Waals surface area (Å²) in [6.07, 6.45) is 0. The van der Waals surface area contributed by atoms with E-state index < -0.39 is 11.5 Å². The summed E-state index contributed by atoms with van der Waals surface area (Å²) in [5.74, 6) is -1.26. The van der Waals surface area contributed by atoms with Crippen molar-refractivity contribution >= 4 is 11.7 Å². The first-order valence-electron chi connectivity index (χ1n) is 4.16. The first-order valence-corrected chi connectivity index (χ1v) is 4.16. The molecule has 0 aromatic heterocycles. The lowest BCUT2D eigenvalue weighted by Crippen LogP contribution is -2.26. The minimum atomic E-state index is -1.57. The standard InChI is InChI=1S/C9H11NO6/c1-15-7-3-5(9(11)12)6(10(13)14)4-8(7)16-2/h3-4,13-14H,1-2H3,(H,11,12)/p-1. The molecule has 0 spiro atoms. The summed E-state index contributed by atoms with van der Waals surface area (Å²) >= 11 is 0. The van der Waals surface area contributed by atoms with Gasteiger partial charge in [0, 0.05) is 11.6 Å². The summed E-state index contributed by atoms with van der Waals surface area (Å²) < 4.78 is 9.74. The monoisotopic (exact) mass is 228 g/mol. The van der Waals surface area contributed by atoms with E-state index in [1.54, 1.807) is 0 Å². The van der Waals surface area contributed by atoms with Gasteiger partial charge >= 0.3 is 0 Å². The lowest BCUT2D eigenvalue weighted by atomic mass is 10.1. The van der Waals surface area contributed by atoms with Crippen LogP contribution in [0, 0.1) is 0 Å². The van der Waals surface area contributed by atoms with Crippen molar-refractivity contribution in [1.29, 1.82) is 0 Å². The van der Waals surface area contributed by atoms with Crippen LogP contribution in [0.5, 0.6) is 11.5 Å². The predicted octanol–water partition coefficient (Wildman–Crippen LogP) is -0.348. The Morgan fingerprint density at radius 1 is 1.25 bits per heavy atom. The zero-order chi connectivity index (χ0) is 12.3. The molecule has 0 unspecified atom stereocenters. The molecule has 1 aromatic rings. The number of rotatable bonds is 4. The number of benzene rings is 1. The highest BCUT2D eigenvalue weighted by atomic mass is 16.8. The number of carboxylic acid groups (broad SMARTS) is 1. The van der Waals surface area contributed by atoms with E-state index in [1.165, 1.54) is 14.2 Å². The van der Waals surface area contributed by atoms with Gasteiger partial charge in [0.25, 0.3) is 0 Å². The Hall–Kier alpha value is -1.99. The van der Waals surface area contributed by atoms with Crippen LogP contribution in [0.3, 0.4) is 0 Å². The number of carbonyl (C=O) groups excluding carboxylic acids is 1. The highest BCUT2D eigenvalue weighted by Gasteiger charge is 2.15. The fourth-order valence-electron chi connectivity index (χ4n) is 1.20. The van der Waals surface area contributed by atoms with Crippen LogP contribution in [0.15, 0.2) is 12.1 Å². The fraction of sp³-hybridized carbons (Fsp3) is 0.222.